The summed E-state index contributed by atoms with van der Waals surface area (Å²) >= 11 is 1.03. The molecule has 1 heterocycles. The number of carbonyl (C=O) groups excluding carboxylic acids is 1. The molecule has 130 valence electrons. The smallest absolute Gasteiger partial charge is 0.306 e. The molecule has 2 aromatic carbocycles. The van der Waals surface area contributed by atoms with Gasteiger partial charge in [0.05, 0.1) is 32.4 Å². The van der Waals surface area contributed by atoms with E-state index in [4.69, 9.17) is 9.47 Å². The number of aromatic nitrogens is 2. The lowest BCUT2D eigenvalue weighted by molar-refractivity contribution is -0.140. The lowest BCUT2D eigenvalue weighted by Gasteiger charge is -2.19. The van der Waals surface area contributed by atoms with Crippen molar-refractivity contribution in [3.63, 3.8) is 0 Å². The Bertz CT molecular complexity index is 925. The molecule has 0 bridgehead atoms. The molecule has 0 aliphatic carbocycles. The fourth-order valence-corrected chi connectivity index (χ4v) is 3.30. The Balaban J connectivity index is 2.19. The normalized spacial score (nSPS) is 12.1. The van der Waals surface area contributed by atoms with Crippen LogP contribution < -0.4 is 4.74 Å². The van der Waals surface area contributed by atoms with Crippen LogP contribution in [0, 0.1) is 0 Å². The molecule has 7 nitrogen and oxygen atoms in total. The molecule has 0 aliphatic rings. The number of benzene rings is 2. The Morgan fingerprint density at radius 2 is 1.92 bits per heavy atom. The van der Waals surface area contributed by atoms with Crippen LogP contribution in [0.4, 0.5) is 0 Å². The summed E-state index contributed by atoms with van der Waals surface area (Å²) in [6, 6.07) is 7.98. The molecular weight excluding hydrogens is 344 g/mol. The largest absolute Gasteiger partial charge is 0.508 e. The van der Waals surface area contributed by atoms with E-state index in [9.17, 15) is 15.0 Å². The van der Waals surface area contributed by atoms with E-state index in [-0.39, 0.29) is 23.7 Å². The van der Waals surface area contributed by atoms with Crippen molar-refractivity contribution in [3.05, 3.63) is 41.5 Å². The quantitative estimate of drug-likeness (QED) is 0.675. The molecule has 0 unspecified atom stereocenters. The number of hydrogen-bond donors (Lipinski definition) is 2. The van der Waals surface area contributed by atoms with Crippen LogP contribution >= 0.6 is 11.7 Å². The summed E-state index contributed by atoms with van der Waals surface area (Å²) in [6.45, 7) is 0. The zero-order valence-electron chi connectivity index (χ0n) is 13.6. The monoisotopic (exact) mass is 360 g/mol. The Hall–Kier alpha value is -2.87. The number of ether oxygens (including phenoxy) is 2. The number of rotatable bonds is 5. The Kier molecular flexibility index (Phi) is 4.71. The highest BCUT2D eigenvalue weighted by molar-refractivity contribution is 7.00. The van der Waals surface area contributed by atoms with Crippen molar-refractivity contribution in [1.82, 2.24) is 8.75 Å². The van der Waals surface area contributed by atoms with Gasteiger partial charge < -0.3 is 19.7 Å². The Morgan fingerprint density at radius 1 is 1.16 bits per heavy atom. The van der Waals surface area contributed by atoms with Gasteiger partial charge in [-0.2, -0.15) is 8.75 Å². The van der Waals surface area contributed by atoms with E-state index in [1.54, 1.807) is 18.2 Å². The first-order chi connectivity index (χ1) is 12.0. The molecule has 3 aromatic rings. The second-order valence-electron chi connectivity index (χ2n) is 5.39. The van der Waals surface area contributed by atoms with Crippen LogP contribution in [0.5, 0.6) is 17.2 Å². The third-order valence-corrected chi connectivity index (χ3v) is 4.54. The van der Waals surface area contributed by atoms with Crippen molar-refractivity contribution in [2.75, 3.05) is 14.2 Å². The number of carbonyl (C=O) groups is 1. The van der Waals surface area contributed by atoms with Gasteiger partial charge in [0.15, 0.2) is 11.5 Å². The first-order valence-electron chi connectivity index (χ1n) is 7.43. The topological polar surface area (TPSA) is 102 Å². The summed E-state index contributed by atoms with van der Waals surface area (Å²) in [5.41, 5.74) is 2.34. The summed E-state index contributed by atoms with van der Waals surface area (Å²) in [4.78, 5) is 12.0. The molecule has 8 heteroatoms. The molecule has 0 saturated carbocycles. The van der Waals surface area contributed by atoms with E-state index >= 15 is 0 Å². The number of aromatic hydroxyl groups is 2. The van der Waals surface area contributed by atoms with Crippen molar-refractivity contribution in [2.45, 2.75) is 12.3 Å². The fraction of sp³-hybridized carbons (Fsp3) is 0.235. The molecule has 25 heavy (non-hydrogen) atoms. The lowest BCUT2D eigenvalue weighted by Crippen LogP contribution is -2.11. The minimum Gasteiger partial charge on any atom is -0.508 e. The molecule has 0 aliphatic heterocycles. The maximum absolute atomic E-state index is 12.0. The van der Waals surface area contributed by atoms with Crippen LogP contribution in [0.3, 0.4) is 0 Å². The maximum Gasteiger partial charge on any atom is 0.306 e. The van der Waals surface area contributed by atoms with Gasteiger partial charge in [-0.1, -0.05) is 6.07 Å². The van der Waals surface area contributed by atoms with Crippen LogP contribution in [-0.2, 0) is 9.53 Å². The standard InChI is InChI=1S/C17H16N2O5S/c1-23-14-7-9(3-5-12(14)20)10(8-15(22)24-2)16-13(21)6-4-11-17(16)19-25-18-11/h3-7,10,20-21H,8H2,1-2H3/t10-/m0/s1. The average molecular weight is 360 g/mol. The third kappa shape index (κ3) is 3.20. The van der Waals surface area contributed by atoms with Crippen LogP contribution in [0.2, 0.25) is 0 Å². The van der Waals surface area contributed by atoms with Crippen molar-refractivity contribution in [3.8, 4) is 17.2 Å². The average Bonchev–Trinajstić information content (AvgIpc) is 3.09. The van der Waals surface area contributed by atoms with Gasteiger partial charge in [0.25, 0.3) is 0 Å². The van der Waals surface area contributed by atoms with Gasteiger partial charge in [0, 0.05) is 11.5 Å². The number of methoxy groups -OCH3 is 2. The summed E-state index contributed by atoms with van der Waals surface area (Å²) in [6.07, 6.45) is -0.00533. The maximum atomic E-state index is 12.0. The van der Waals surface area contributed by atoms with Crippen LogP contribution in [0.25, 0.3) is 11.0 Å². The zero-order chi connectivity index (χ0) is 18.0. The van der Waals surface area contributed by atoms with E-state index in [1.807, 2.05) is 0 Å². The number of phenols is 2. The molecule has 3 rings (SSSR count). The molecule has 0 spiro atoms. The van der Waals surface area contributed by atoms with Crippen LogP contribution in [0.1, 0.15) is 23.5 Å². The first kappa shape index (κ1) is 17.0. The molecule has 0 fully saturated rings. The van der Waals surface area contributed by atoms with E-state index in [2.05, 4.69) is 8.75 Å². The van der Waals surface area contributed by atoms with E-state index in [0.717, 1.165) is 11.7 Å². The predicted molar refractivity (Wildman–Crippen MR) is 92.2 cm³/mol. The molecule has 1 atom stereocenters. The van der Waals surface area contributed by atoms with Crippen LogP contribution in [0.15, 0.2) is 30.3 Å². The predicted octanol–water partition coefficient (Wildman–Crippen LogP) is 2.81. The van der Waals surface area contributed by atoms with Gasteiger partial charge >= 0.3 is 5.97 Å². The highest BCUT2D eigenvalue weighted by Gasteiger charge is 2.26. The minimum atomic E-state index is -0.533. The highest BCUT2D eigenvalue weighted by atomic mass is 32.1. The van der Waals surface area contributed by atoms with E-state index < -0.39 is 11.9 Å². The second-order valence-corrected chi connectivity index (χ2v) is 5.92. The summed E-state index contributed by atoms with van der Waals surface area (Å²) in [5.74, 6) is -0.691. The van der Waals surface area contributed by atoms with Crippen molar-refractivity contribution in [2.24, 2.45) is 0 Å². The first-order valence-corrected chi connectivity index (χ1v) is 8.16. The van der Waals surface area contributed by atoms with Gasteiger partial charge in [-0.05, 0) is 29.8 Å². The van der Waals surface area contributed by atoms with Gasteiger partial charge in [-0.15, -0.1) is 0 Å². The molecule has 2 N–H and O–H groups in total. The minimum absolute atomic E-state index is 0.00533. The third-order valence-electron chi connectivity index (χ3n) is 4.00. The number of phenolic OH excluding ortho intramolecular Hbond substituents is 2. The van der Waals surface area contributed by atoms with Crippen LogP contribution in [-0.4, -0.2) is 39.1 Å². The van der Waals surface area contributed by atoms with Gasteiger partial charge in [-0.3, -0.25) is 4.79 Å². The van der Waals surface area contributed by atoms with Crippen molar-refractivity contribution < 1.29 is 24.5 Å². The van der Waals surface area contributed by atoms with Gasteiger partial charge in [-0.25, -0.2) is 0 Å². The Labute approximate surface area is 147 Å². The lowest BCUT2D eigenvalue weighted by atomic mass is 9.87. The van der Waals surface area contributed by atoms with E-state index in [1.165, 1.54) is 26.4 Å². The fourth-order valence-electron chi connectivity index (χ4n) is 2.75. The number of hydrogen-bond acceptors (Lipinski definition) is 8. The zero-order valence-corrected chi connectivity index (χ0v) is 14.4. The molecule has 0 radical (unpaired) electrons. The molecule has 0 saturated heterocycles. The number of nitrogens with zero attached hydrogens (tertiary/aromatic N) is 2. The van der Waals surface area contributed by atoms with Crippen molar-refractivity contribution in [1.29, 1.82) is 0 Å². The highest BCUT2D eigenvalue weighted by Crippen LogP contribution is 2.40. The van der Waals surface area contributed by atoms with Gasteiger partial charge in [0.2, 0.25) is 0 Å². The Morgan fingerprint density at radius 3 is 2.64 bits per heavy atom. The second kappa shape index (κ2) is 6.94. The molecule has 0 amide bonds. The summed E-state index contributed by atoms with van der Waals surface area (Å²) < 4.78 is 18.4. The van der Waals surface area contributed by atoms with E-state index in [0.29, 0.717) is 22.2 Å². The summed E-state index contributed by atoms with van der Waals surface area (Å²) in [5, 5.41) is 20.3. The van der Waals surface area contributed by atoms with Crippen molar-refractivity contribution >= 4 is 28.7 Å². The molecule has 1 aromatic heterocycles. The SMILES string of the molecule is COC(=O)C[C@@H](c1ccc(O)c(OC)c1)c1c(O)ccc2nsnc12. The number of fused-ring (bicyclic) bond motifs is 1. The molecular formula is C17H16N2O5S. The van der Waals surface area contributed by atoms with Gasteiger partial charge in [0.1, 0.15) is 16.8 Å². The number of esters is 1. The summed E-state index contributed by atoms with van der Waals surface area (Å²) in [7, 11) is 2.75.